The van der Waals surface area contributed by atoms with E-state index in [1.807, 2.05) is 19.3 Å². The Balaban J connectivity index is 1.78. The highest BCUT2D eigenvalue weighted by Gasteiger charge is 2.27. The molecule has 0 N–H and O–H groups in total. The van der Waals surface area contributed by atoms with Gasteiger partial charge in [0.1, 0.15) is 0 Å². The summed E-state index contributed by atoms with van der Waals surface area (Å²) in [7, 11) is 0. The highest BCUT2D eigenvalue weighted by atomic mass is 79.9. The van der Waals surface area contributed by atoms with Gasteiger partial charge in [0.2, 0.25) is 5.89 Å². The molecule has 1 aliphatic heterocycles. The minimum atomic E-state index is 0.392. The average Bonchev–Trinajstić information content (AvgIpc) is 2.99. The van der Waals surface area contributed by atoms with Crippen LogP contribution in [0.4, 0.5) is 0 Å². The topological polar surface area (TPSA) is 55.1 Å². The van der Waals surface area contributed by atoms with Crippen LogP contribution in [0.5, 0.6) is 0 Å². The maximum Gasteiger partial charge on any atom is 0.223 e. The molecule has 19 heavy (non-hydrogen) atoms. The van der Waals surface area contributed by atoms with Crippen LogP contribution in [-0.4, -0.2) is 26.6 Å². The number of rotatable bonds is 3. The molecule has 1 unspecified atom stereocenters. The second kappa shape index (κ2) is 5.38. The van der Waals surface area contributed by atoms with Gasteiger partial charge in [-0.25, -0.2) is 0 Å². The summed E-state index contributed by atoms with van der Waals surface area (Å²) < 4.78 is 6.05. The molecule has 6 heteroatoms. The van der Waals surface area contributed by atoms with Crippen molar-refractivity contribution >= 4 is 15.9 Å². The van der Waals surface area contributed by atoms with E-state index >= 15 is 0 Å². The van der Waals surface area contributed by atoms with Crippen molar-refractivity contribution < 1.29 is 4.52 Å². The van der Waals surface area contributed by atoms with Gasteiger partial charge in [-0.1, -0.05) is 5.16 Å². The summed E-state index contributed by atoms with van der Waals surface area (Å²) in [6, 6.07) is 2.53. The van der Waals surface area contributed by atoms with Crippen molar-refractivity contribution in [2.45, 2.75) is 32.4 Å². The van der Waals surface area contributed by atoms with Crippen molar-refractivity contribution in [3.8, 4) is 0 Å². The van der Waals surface area contributed by atoms with Crippen LogP contribution in [-0.2, 0) is 6.54 Å². The fourth-order valence-corrected chi connectivity index (χ4v) is 2.97. The van der Waals surface area contributed by atoms with Crippen LogP contribution in [0.1, 0.15) is 36.2 Å². The van der Waals surface area contributed by atoms with Crippen LogP contribution in [0.25, 0.3) is 0 Å². The maximum absolute atomic E-state index is 5.03. The third kappa shape index (κ3) is 2.84. The summed E-state index contributed by atoms with van der Waals surface area (Å²) in [6.45, 7) is 3.61. The Morgan fingerprint density at radius 2 is 2.37 bits per heavy atom. The van der Waals surface area contributed by atoms with Crippen molar-refractivity contribution in [2.24, 2.45) is 0 Å². The molecule has 3 rings (SSSR count). The number of halogens is 1. The van der Waals surface area contributed by atoms with Gasteiger partial charge in [-0.2, -0.15) is 4.98 Å². The zero-order chi connectivity index (χ0) is 13.2. The van der Waals surface area contributed by atoms with Crippen LogP contribution in [0.2, 0.25) is 0 Å². The lowest BCUT2D eigenvalue weighted by Crippen LogP contribution is -2.23. The highest BCUT2D eigenvalue weighted by Crippen LogP contribution is 2.33. The first-order chi connectivity index (χ1) is 9.22. The monoisotopic (exact) mass is 322 g/mol. The van der Waals surface area contributed by atoms with Crippen LogP contribution < -0.4 is 0 Å². The summed E-state index contributed by atoms with van der Waals surface area (Å²) in [4.78, 5) is 10.9. The van der Waals surface area contributed by atoms with Gasteiger partial charge in [-0.3, -0.25) is 9.88 Å². The molecule has 5 nitrogen and oxygen atoms in total. The molecule has 1 aliphatic rings. The Labute approximate surface area is 120 Å². The normalized spacial score (nSPS) is 20.0. The minimum absolute atomic E-state index is 0.392. The molecule has 0 bridgehead atoms. The Morgan fingerprint density at radius 3 is 3.11 bits per heavy atom. The summed E-state index contributed by atoms with van der Waals surface area (Å²) in [6.07, 6.45) is 6.09. The molecule has 0 saturated carbocycles. The molecule has 2 aromatic heterocycles. The molecule has 1 atom stereocenters. The Kier molecular flexibility index (Phi) is 3.61. The fourth-order valence-electron chi connectivity index (χ4n) is 2.59. The minimum Gasteiger partial charge on any atom is -0.340 e. The fraction of sp³-hybridized carbons (Fsp3) is 0.462. The van der Waals surface area contributed by atoms with Crippen LogP contribution in [0, 0.1) is 6.92 Å². The van der Waals surface area contributed by atoms with E-state index in [-0.39, 0.29) is 0 Å². The molecule has 3 heterocycles. The van der Waals surface area contributed by atoms with Gasteiger partial charge in [-0.05, 0) is 46.9 Å². The molecule has 0 amide bonds. The van der Waals surface area contributed by atoms with E-state index in [1.54, 1.807) is 0 Å². The number of nitrogens with zero attached hydrogens (tertiary/aromatic N) is 4. The molecular weight excluding hydrogens is 308 g/mol. The summed E-state index contributed by atoms with van der Waals surface area (Å²) in [5.74, 6) is 1.38. The molecule has 0 aromatic carbocycles. The quantitative estimate of drug-likeness (QED) is 0.869. The lowest BCUT2D eigenvalue weighted by atomic mass is 10.1. The van der Waals surface area contributed by atoms with Crippen LogP contribution in [0.15, 0.2) is 27.5 Å². The van der Waals surface area contributed by atoms with Gasteiger partial charge in [0.25, 0.3) is 0 Å². The van der Waals surface area contributed by atoms with E-state index in [0.717, 1.165) is 29.8 Å². The van der Waals surface area contributed by atoms with Gasteiger partial charge < -0.3 is 4.52 Å². The number of pyridine rings is 1. The number of aryl methyl sites for hydroxylation is 1. The molecule has 1 fully saturated rings. The number of hydrogen-bond donors (Lipinski definition) is 0. The van der Waals surface area contributed by atoms with E-state index in [2.05, 4.69) is 42.0 Å². The lowest BCUT2D eigenvalue weighted by molar-refractivity contribution is 0.237. The highest BCUT2D eigenvalue weighted by molar-refractivity contribution is 9.10. The molecular formula is C13H15BrN4O. The second-order valence-electron chi connectivity index (χ2n) is 4.79. The van der Waals surface area contributed by atoms with Gasteiger partial charge in [0, 0.05) is 29.8 Å². The SMILES string of the molecule is Cc1nc(CN2CCCC2c2cncc(Br)c2)no1. The first-order valence-corrected chi connectivity index (χ1v) is 7.15. The number of likely N-dealkylation sites (tertiary alicyclic amines) is 1. The average molecular weight is 323 g/mol. The summed E-state index contributed by atoms with van der Waals surface area (Å²) >= 11 is 3.48. The molecule has 100 valence electrons. The first kappa shape index (κ1) is 12.7. The van der Waals surface area contributed by atoms with Crippen molar-refractivity contribution in [3.05, 3.63) is 40.2 Å². The van der Waals surface area contributed by atoms with Gasteiger partial charge in [-0.15, -0.1) is 0 Å². The molecule has 1 saturated heterocycles. The third-order valence-electron chi connectivity index (χ3n) is 3.39. The van der Waals surface area contributed by atoms with E-state index in [4.69, 9.17) is 4.52 Å². The van der Waals surface area contributed by atoms with Crippen molar-refractivity contribution in [1.82, 2.24) is 20.0 Å². The van der Waals surface area contributed by atoms with E-state index in [1.165, 1.54) is 12.0 Å². The maximum atomic E-state index is 5.03. The second-order valence-corrected chi connectivity index (χ2v) is 5.71. The largest absolute Gasteiger partial charge is 0.340 e. The predicted octanol–water partition coefficient (Wildman–Crippen LogP) is 2.87. The number of hydrogen-bond acceptors (Lipinski definition) is 5. The van der Waals surface area contributed by atoms with E-state index < -0.39 is 0 Å². The lowest BCUT2D eigenvalue weighted by Gasteiger charge is -2.23. The Hall–Kier alpha value is -1.27. The summed E-state index contributed by atoms with van der Waals surface area (Å²) in [5.41, 5.74) is 1.24. The zero-order valence-corrected chi connectivity index (χ0v) is 12.3. The van der Waals surface area contributed by atoms with Gasteiger partial charge in [0.15, 0.2) is 5.82 Å². The smallest absolute Gasteiger partial charge is 0.223 e. The van der Waals surface area contributed by atoms with Gasteiger partial charge >= 0.3 is 0 Å². The predicted molar refractivity (Wildman–Crippen MR) is 73.4 cm³/mol. The third-order valence-corrected chi connectivity index (χ3v) is 3.82. The molecule has 2 aromatic rings. The zero-order valence-electron chi connectivity index (χ0n) is 10.7. The molecule has 0 radical (unpaired) electrons. The number of aromatic nitrogens is 3. The van der Waals surface area contributed by atoms with E-state index in [9.17, 15) is 0 Å². The van der Waals surface area contributed by atoms with Crippen LogP contribution in [0.3, 0.4) is 0 Å². The summed E-state index contributed by atoms with van der Waals surface area (Å²) in [5, 5.41) is 3.97. The van der Waals surface area contributed by atoms with E-state index in [0.29, 0.717) is 11.9 Å². The van der Waals surface area contributed by atoms with Crippen molar-refractivity contribution in [1.29, 1.82) is 0 Å². The Morgan fingerprint density at radius 1 is 1.47 bits per heavy atom. The van der Waals surface area contributed by atoms with Crippen molar-refractivity contribution in [3.63, 3.8) is 0 Å². The standard InChI is InChI=1S/C13H15BrN4O/c1-9-16-13(17-19-9)8-18-4-2-3-12(18)10-5-11(14)7-15-6-10/h5-7,12H,2-4,8H2,1H3. The first-order valence-electron chi connectivity index (χ1n) is 6.36. The van der Waals surface area contributed by atoms with Crippen molar-refractivity contribution in [2.75, 3.05) is 6.54 Å². The van der Waals surface area contributed by atoms with Crippen LogP contribution >= 0.6 is 15.9 Å². The Bertz CT molecular complexity index is 571. The molecule has 0 spiro atoms. The molecule has 0 aliphatic carbocycles. The van der Waals surface area contributed by atoms with Gasteiger partial charge in [0.05, 0.1) is 6.54 Å².